The molecule has 1 fully saturated rings. The number of carbonyl (C=O) groups excluding carboxylic acids is 2. The highest BCUT2D eigenvalue weighted by Gasteiger charge is 2.73. The molecule has 9 nitrogen and oxygen atoms in total. The summed E-state index contributed by atoms with van der Waals surface area (Å²) in [5.74, 6) is -1.02. The average molecular weight is 514 g/mol. The predicted octanol–water partition coefficient (Wildman–Crippen LogP) is 4.64. The summed E-state index contributed by atoms with van der Waals surface area (Å²) in [5, 5.41) is 11.8. The summed E-state index contributed by atoms with van der Waals surface area (Å²) < 4.78 is 0. The zero-order valence-electron chi connectivity index (χ0n) is 19.1. The number of nitro benzene ring substituents is 1. The summed E-state index contributed by atoms with van der Waals surface area (Å²) in [7, 11) is 0. The zero-order valence-corrected chi connectivity index (χ0v) is 20.6. The fraction of sp³-hybridized carbons (Fsp3) is 0.333. The zero-order chi connectivity index (χ0) is 25.3. The third-order valence-electron chi connectivity index (χ3n) is 8.08. The molecule has 11 heteroatoms. The van der Waals surface area contributed by atoms with Crippen LogP contribution < -0.4 is 10.9 Å². The van der Waals surface area contributed by atoms with Gasteiger partial charge in [0.25, 0.3) is 17.5 Å². The Labute approximate surface area is 210 Å². The summed E-state index contributed by atoms with van der Waals surface area (Å²) in [6, 6.07) is 8.77. The Morgan fingerprint density at radius 3 is 2.37 bits per heavy atom. The fourth-order valence-electron chi connectivity index (χ4n) is 5.67. The first-order chi connectivity index (χ1) is 16.4. The largest absolute Gasteiger partial charge is 0.272 e. The number of hydrogen-bond acceptors (Lipinski definition) is 6. The van der Waals surface area contributed by atoms with E-state index in [0.29, 0.717) is 40.3 Å². The number of hydrogen-bond donors (Lipinski definition) is 2. The second kappa shape index (κ2) is 7.60. The van der Waals surface area contributed by atoms with Crippen LogP contribution in [0.3, 0.4) is 0 Å². The third-order valence-corrected chi connectivity index (χ3v) is 8.63. The lowest BCUT2D eigenvalue weighted by atomic mass is 9.63. The molecule has 2 aliphatic carbocycles. The van der Waals surface area contributed by atoms with Gasteiger partial charge in [-0.05, 0) is 42.5 Å². The molecule has 2 atom stereocenters. The Kier molecular flexibility index (Phi) is 5.09. The van der Waals surface area contributed by atoms with E-state index >= 15 is 0 Å². The molecule has 2 amide bonds. The first-order valence-corrected chi connectivity index (χ1v) is 11.7. The van der Waals surface area contributed by atoms with Crippen LogP contribution in [0, 0.1) is 15.5 Å². The molecule has 0 saturated heterocycles. The van der Waals surface area contributed by atoms with E-state index in [4.69, 9.17) is 33.2 Å². The van der Waals surface area contributed by atoms with Crippen molar-refractivity contribution in [3.8, 4) is 0 Å². The quantitative estimate of drug-likeness (QED) is 0.388. The van der Waals surface area contributed by atoms with Gasteiger partial charge in [-0.1, -0.05) is 44.0 Å². The van der Waals surface area contributed by atoms with Crippen molar-refractivity contribution in [2.75, 3.05) is 0 Å². The predicted molar refractivity (Wildman–Crippen MR) is 130 cm³/mol. The summed E-state index contributed by atoms with van der Waals surface area (Å²) in [6.07, 6.45) is 1.19. The van der Waals surface area contributed by atoms with Gasteiger partial charge in [0.15, 0.2) is 0 Å². The van der Waals surface area contributed by atoms with Crippen molar-refractivity contribution in [1.29, 1.82) is 0 Å². The Morgan fingerprint density at radius 1 is 0.971 bits per heavy atom. The summed E-state index contributed by atoms with van der Waals surface area (Å²) in [4.78, 5) is 46.8. The number of benzene rings is 2. The van der Waals surface area contributed by atoms with Crippen molar-refractivity contribution in [3.05, 3.63) is 73.5 Å². The lowest BCUT2D eigenvalue weighted by molar-refractivity contribution is -0.384. The highest BCUT2D eigenvalue weighted by Crippen LogP contribution is 2.70. The maximum atomic E-state index is 13.8. The minimum atomic E-state index is -1.10. The van der Waals surface area contributed by atoms with Gasteiger partial charge in [-0.15, -0.1) is 0 Å². The molecular formula is C24H21Cl2N5O4. The van der Waals surface area contributed by atoms with Crippen molar-refractivity contribution in [1.82, 2.24) is 20.8 Å². The number of rotatable bonds is 3. The highest BCUT2D eigenvalue weighted by atomic mass is 35.5. The monoisotopic (exact) mass is 513 g/mol. The molecule has 35 heavy (non-hydrogen) atoms. The van der Waals surface area contributed by atoms with Crippen LogP contribution in [0.4, 0.5) is 5.69 Å². The maximum absolute atomic E-state index is 13.8. The molecule has 1 saturated carbocycles. The van der Waals surface area contributed by atoms with Crippen molar-refractivity contribution in [3.63, 3.8) is 0 Å². The minimum absolute atomic E-state index is 0.106. The molecule has 5 rings (SSSR count). The van der Waals surface area contributed by atoms with Crippen molar-refractivity contribution in [2.24, 2.45) is 5.41 Å². The van der Waals surface area contributed by atoms with E-state index in [1.165, 1.54) is 30.3 Å². The first kappa shape index (κ1) is 23.4. The molecule has 2 aliphatic rings. The third kappa shape index (κ3) is 3.07. The van der Waals surface area contributed by atoms with Gasteiger partial charge >= 0.3 is 0 Å². The lowest BCUT2D eigenvalue weighted by Gasteiger charge is -2.39. The Morgan fingerprint density at radius 2 is 1.69 bits per heavy atom. The standard InChI is InChI=1S/C24H21Cl2N5O4/c1-22(2)23(3)8-9-24(22,21(33)30-29-20(32)14-6-4-12(25)10-15(14)26)19-18(23)27-16-7-5-13(31(34)35)11-17(16)28-19/h4-7,10-11H,8-9H2,1-3H3,(H,29,32)(H,30,33). The van der Waals surface area contributed by atoms with Crippen LogP contribution in [0.25, 0.3) is 11.0 Å². The normalized spacial score (nSPS) is 23.7. The van der Waals surface area contributed by atoms with Gasteiger partial charge in [0.2, 0.25) is 0 Å². The maximum Gasteiger partial charge on any atom is 0.271 e. The summed E-state index contributed by atoms with van der Waals surface area (Å²) in [6.45, 7) is 6.05. The van der Waals surface area contributed by atoms with Gasteiger partial charge < -0.3 is 0 Å². The number of non-ortho nitro benzene ring substituents is 1. The van der Waals surface area contributed by atoms with E-state index in [2.05, 4.69) is 17.8 Å². The number of hydrazine groups is 1. The smallest absolute Gasteiger partial charge is 0.271 e. The molecular weight excluding hydrogens is 493 g/mol. The molecule has 2 N–H and O–H groups in total. The average Bonchev–Trinajstić information content (AvgIpc) is 3.10. The van der Waals surface area contributed by atoms with E-state index in [9.17, 15) is 19.7 Å². The van der Waals surface area contributed by atoms with Crippen LogP contribution in [-0.4, -0.2) is 26.7 Å². The van der Waals surface area contributed by atoms with Gasteiger partial charge in [0.05, 0.1) is 37.9 Å². The van der Waals surface area contributed by atoms with Gasteiger partial charge in [0.1, 0.15) is 5.41 Å². The Bertz CT molecular complexity index is 1460. The number of nitrogens with zero attached hydrogens (tertiary/aromatic N) is 3. The van der Waals surface area contributed by atoms with Gasteiger partial charge in [-0.25, -0.2) is 9.97 Å². The lowest BCUT2D eigenvalue weighted by Crippen LogP contribution is -2.55. The van der Waals surface area contributed by atoms with Crippen LogP contribution in [0.5, 0.6) is 0 Å². The summed E-state index contributed by atoms with van der Waals surface area (Å²) >= 11 is 12.0. The number of amides is 2. The molecule has 2 unspecified atom stereocenters. The van der Waals surface area contributed by atoms with Gasteiger partial charge in [-0.2, -0.15) is 0 Å². The van der Waals surface area contributed by atoms with E-state index in [0.717, 1.165) is 0 Å². The molecule has 3 aromatic rings. The summed E-state index contributed by atoms with van der Waals surface area (Å²) in [5.41, 5.74) is 4.99. The molecule has 0 radical (unpaired) electrons. The topological polar surface area (TPSA) is 127 Å². The van der Waals surface area contributed by atoms with Gasteiger partial charge in [0, 0.05) is 22.6 Å². The molecule has 0 spiro atoms. The molecule has 2 aromatic carbocycles. The van der Waals surface area contributed by atoms with Crippen molar-refractivity contribution < 1.29 is 14.5 Å². The van der Waals surface area contributed by atoms with Crippen LogP contribution in [-0.2, 0) is 15.6 Å². The minimum Gasteiger partial charge on any atom is -0.272 e. The number of carbonyl (C=O) groups is 2. The molecule has 1 heterocycles. The number of aromatic nitrogens is 2. The van der Waals surface area contributed by atoms with Crippen LogP contribution >= 0.6 is 23.2 Å². The Hall–Kier alpha value is -3.30. The number of fused-ring (bicyclic) bond motifs is 6. The molecule has 180 valence electrons. The SMILES string of the molecule is CC12CCC(C(=O)NNC(=O)c3ccc(Cl)cc3Cl)(c3nc4cc([N+](=O)[O-])ccc4nc31)C2(C)C. The van der Waals surface area contributed by atoms with Crippen LogP contribution in [0.2, 0.25) is 10.0 Å². The second-order valence-electron chi connectivity index (χ2n) is 9.75. The van der Waals surface area contributed by atoms with Crippen molar-refractivity contribution >= 4 is 51.7 Å². The van der Waals surface area contributed by atoms with Gasteiger partial charge in [-0.3, -0.25) is 30.6 Å². The molecule has 2 bridgehead atoms. The van der Waals surface area contributed by atoms with Crippen molar-refractivity contribution in [2.45, 2.75) is 44.4 Å². The van der Waals surface area contributed by atoms with Crippen LogP contribution in [0.15, 0.2) is 36.4 Å². The molecule has 1 aromatic heterocycles. The highest BCUT2D eigenvalue weighted by molar-refractivity contribution is 6.36. The first-order valence-electron chi connectivity index (χ1n) is 11.0. The van der Waals surface area contributed by atoms with E-state index in [1.54, 1.807) is 6.07 Å². The number of nitro groups is 1. The Balaban J connectivity index is 1.55. The van der Waals surface area contributed by atoms with E-state index < -0.39 is 33.0 Å². The van der Waals surface area contributed by atoms with Crippen LogP contribution in [0.1, 0.15) is 55.4 Å². The number of halogens is 2. The van der Waals surface area contributed by atoms with E-state index in [-0.39, 0.29) is 16.3 Å². The van der Waals surface area contributed by atoms with E-state index in [1.807, 2.05) is 13.8 Å². The second-order valence-corrected chi connectivity index (χ2v) is 10.6. The fourth-order valence-corrected chi connectivity index (χ4v) is 6.16. The molecule has 0 aliphatic heterocycles. The number of nitrogens with one attached hydrogen (secondary N) is 2.